The molecule has 5 rings (SSSR count). The van der Waals surface area contributed by atoms with Crippen molar-refractivity contribution in [3.05, 3.63) is 87.2 Å². The van der Waals surface area contributed by atoms with Crippen LogP contribution < -0.4 is 10.3 Å². The van der Waals surface area contributed by atoms with E-state index in [2.05, 4.69) is 4.98 Å². The molecule has 0 atom stereocenters. The van der Waals surface area contributed by atoms with Crippen molar-refractivity contribution in [2.45, 2.75) is 40.2 Å². The van der Waals surface area contributed by atoms with Gasteiger partial charge in [-0.25, -0.2) is 9.78 Å². The van der Waals surface area contributed by atoms with Crippen LogP contribution >= 0.6 is 0 Å². The van der Waals surface area contributed by atoms with Crippen molar-refractivity contribution in [3.63, 3.8) is 0 Å². The minimum atomic E-state index is -0.632. The van der Waals surface area contributed by atoms with Crippen LogP contribution in [0.3, 0.4) is 0 Å². The number of carbonyl (C=O) groups is 2. The summed E-state index contributed by atoms with van der Waals surface area (Å²) >= 11 is 0. The Labute approximate surface area is 208 Å². The van der Waals surface area contributed by atoms with Crippen molar-refractivity contribution in [3.8, 4) is 11.4 Å². The molecule has 0 fully saturated rings. The van der Waals surface area contributed by atoms with Crippen LogP contribution in [0.4, 0.5) is 0 Å². The molecule has 0 radical (unpaired) electrons. The van der Waals surface area contributed by atoms with Crippen LogP contribution in [0.1, 0.15) is 51.3 Å². The third kappa shape index (κ3) is 4.19. The van der Waals surface area contributed by atoms with Crippen LogP contribution in [0.25, 0.3) is 16.6 Å². The zero-order chi connectivity index (χ0) is 25.4. The molecule has 4 aromatic rings. The molecule has 184 valence electrons. The molecule has 0 amide bonds. The predicted molar refractivity (Wildman–Crippen MR) is 135 cm³/mol. The second-order valence-corrected chi connectivity index (χ2v) is 8.87. The van der Waals surface area contributed by atoms with E-state index in [9.17, 15) is 14.4 Å². The largest absolute Gasteiger partial charge is 0.494 e. The SMILES string of the molecule is CCOc1ccc(-n2c(C)cc(C(=O)COC(=O)c3ccc4c(=O)n5c(nc4c3)CCC5)c2C)cc1. The van der Waals surface area contributed by atoms with E-state index in [1.54, 1.807) is 22.8 Å². The summed E-state index contributed by atoms with van der Waals surface area (Å²) in [6, 6.07) is 14.2. The van der Waals surface area contributed by atoms with Crippen LogP contribution in [0.5, 0.6) is 5.75 Å². The number of nitrogens with zero attached hydrogens (tertiary/aromatic N) is 3. The van der Waals surface area contributed by atoms with Gasteiger partial charge in [-0.1, -0.05) is 0 Å². The smallest absolute Gasteiger partial charge is 0.338 e. The first-order chi connectivity index (χ1) is 17.4. The molecule has 8 heteroatoms. The lowest BCUT2D eigenvalue weighted by atomic mass is 10.1. The van der Waals surface area contributed by atoms with Crippen LogP contribution in [0, 0.1) is 13.8 Å². The molecule has 0 unspecified atom stereocenters. The Hall–Kier alpha value is -4.20. The number of benzene rings is 2. The summed E-state index contributed by atoms with van der Waals surface area (Å²) in [6.45, 7) is 6.60. The normalized spacial score (nSPS) is 12.5. The summed E-state index contributed by atoms with van der Waals surface area (Å²) in [5.41, 5.74) is 3.70. The lowest BCUT2D eigenvalue weighted by Gasteiger charge is -2.11. The Balaban J connectivity index is 1.32. The molecule has 0 bridgehead atoms. The van der Waals surface area contributed by atoms with Gasteiger partial charge in [-0.15, -0.1) is 0 Å². The van der Waals surface area contributed by atoms with Gasteiger partial charge in [0, 0.05) is 35.6 Å². The van der Waals surface area contributed by atoms with Crippen LogP contribution in [-0.4, -0.2) is 39.1 Å². The third-order valence-corrected chi connectivity index (χ3v) is 6.52. The summed E-state index contributed by atoms with van der Waals surface area (Å²) in [5.74, 6) is 0.595. The molecular formula is C28H27N3O5. The highest BCUT2D eigenvalue weighted by Crippen LogP contribution is 2.24. The number of esters is 1. The highest BCUT2D eigenvalue weighted by atomic mass is 16.5. The number of ketones is 1. The van der Waals surface area contributed by atoms with Gasteiger partial charge in [-0.2, -0.15) is 0 Å². The Bertz CT molecular complexity index is 1550. The van der Waals surface area contributed by atoms with E-state index in [1.807, 2.05) is 49.6 Å². The van der Waals surface area contributed by atoms with E-state index in [4.69, 9.17) is 9.47 Å². The minimum Gasteiger partial charge on any atom is -0.494 e. The number of carbonyl (C=O) groups excluding carboxylic acids is 2. The molecule has 3 heterocycles. The highest BCUT2D eigenvalue weighted by Gasteiger charge is 2.20. The van der Waals surface area contributed by atoms with Gasteiger partial charge in [0.2, 0.25) is 5.78 Å². The number of hydrogen-bond donors (Lipinski definition) is 0. The Morgan fingerprint density at radius 2 is 1.83 bits per heavy atom. The number of Topliss-reactive ketones (excluding diaryl/α,β-unsaturated/α-hetero) is 1. The molecule has 1 aliphatic rings. The zero-order valence-corrected chi connectivity index (χ0v) is 20.5. The molecule has 0 saturated carbocycles. The maximum absolute atomic E-state index is 13.0. The Morgan fingerprint density at radius 1 is 1.06 bits per heavy atom. The van der Waals surface area contributed by atoms with Gasteiger partial charge in [0.25, 0.3) is 5.56 Å². The van der Waals surface area contributed by atoms with Gasteiger partial charge in [0.15, 0.2) is 6.61 Å². The molecule has 2 aromatic carbocycles. The standard InChI is InChI=1S/C28H27N3O5/c1-4-35-21-10-8-20(9-11-21)31-17(2)14-23(18(31)3)25(32)16-36-28(34)19-7-12-22-24(15-19)29-26-6-5-13-30(26)27(22)33/h7-12,14-15H,4-6,13,16H2,1-3H3. The van der Waals surface area contributed by atoms with Crippen molar-refractivity contribution in [2.24, 2.45) is 0 Å². The van der Waals surface area contributed by atoms with Crippen LogP contribution in [0.2, 0.25) is 0 Å². The maximum Gasteiger partial charge on any atom is 0.338 e. The summed E-state index contributed by atoms with van der Waals surface area (Å²) in [5, 5.41) is 0.468. The van der Waals surface area contributed by atoms with Gasteiger partial charge in [0.1, 0.15) is 11.6 Å². The van der Waals surface area contributed by atoms with Crippen LogP contribution in [-0.2, 0) is 17.7 Å². The van der Waals surface area contributed by atoms with Gasteiger partial charge in [0.05, 0.1) is 23.1 Å². The van der Waals surface area contributed by atoms with E-state index in [-0.39, 0.29) is 23.5 Å². The van der Waals surface area contributed by atoms with Gasteiger partial charge in [-0.3, -0.25) is 14.2 Å². The fraction of sp³-hybridized carbons (Fsp3) is 0.286. The molecule has 1 aliphatic heterocycles. The number of fused-ring (bicyclic) bond motifs is 2. The second-order valence-electron chi connectivity index (χ2n) is 8.87. The second kappa shape index (κ2) is 9.45. The first-order valence-electron chi connectivity index (χ1n) is 12.0. The molecule has 0 N–H and O–H groups in total. The van der Waals surface area contributed by atoms with Crippen molar-refractivity contribution in [1.29, 1.82) is 0 Å². The summed E-state index contributed by atoms with van der Waals surface area (Å²) in [4.78, 5) is 42.8. The number of ether oxygens (including phenoxy) is 2. The van der Waals surface area contributed by atoms with Gasteiger partial charge < -0.3 is 14.0 Å². The first kappa shape index (κ1) is 23.5. The van der Waals surface area contributed by atoms with Crippen LogP contribution in [0.15, 0.2) is 53.3 Å². The van der Waals surface area contributed by atoms with Crippen molar-refractivity contribution in [2.75, 3.05) is 13.2 Å². The summed E-state index contributed by atoms with van der Waals surface area (Å²) in [7, 11) is 0. The van der Waals surface area contributed by atoms with Gasteiger partial charge in [-0.05, 0) is 75.7 Å². The monoisotopic (exact) mass is 485 g/mol. The van der Waals surface area contributed by atoms with Crippen molar-refractivity contribution in [1.82, 2.24) is 14.1 Å². The molecule has 2 aromatic heterocycles. The topological polar surface area (TPSA) is 92.4 Å². The third-order valence-electron chi connectivity index (χ3n) is 6.52. The number of rotatable bonds is 7. The average molecular weight is 486 g/mol. The molecule has 36 heavy (non-hydrogen) atoms. The lowest BCUT2D eigenvalue weighted by molar-refractivity contribution is 0.0474. The van der Waals surface area contributed by atoms with E-state index < -0.39 is 5.97 Å². The quantitative estimate of drug-likeness (QED) is 0.288. The first-order valence-corrected chi connectivity index (χ1v) is 12.0. The predicted octanol–water partition coefficient (Wildman–Crippen LogP) is 4.19. The minimum absolute atomic E-state index is 0.0921. The Kier molecular flexibility index (Phi) is 6.18. The summed E-state index contributed by atoms with van der Waals surface area (Å²) in [6.07, 6.45) is 1.62. The van der Waals surface area contributed by atoms with E-state index >= 15 is 0 Å². The van der Waals surface area contributed by atoms with Gasteiger partial charge >= 0.3 is 5.97 Å². The summed E-state index contributed by atoms with van der Waals surface area (Å²) < 4.78 is 14.5. The fourth-order valence-electron chi connectivity index (χ4n) is 4.80. The van der Waals surface area contributed by atoms with Crippen molar-refractivity contribution < 1.29 is 19.1 Å². The van der Waals surface area contributed by atoms with E-state index in [1.165, 1.54) is 6.07 Å². The lowest BCUT2D eigenvalue weighted by Crippen LogP contribution is -2.21. The number of hydrogen-bond acceptors (Lipinski definition) is 6. The number of aromatic nitrogens is 3. The zero-order valence-electron chi connectivity index (χ0n) is 20.5. The molecular weight excluding hydrogens is 458 g/mol. The number of aryl methyl sites for hydroxylation is 2. The maximum atomic E-state index is 13.0. The van der Waals surface area contributed by atoms with E-state index in [0.717, 1.165) is 41.5 Å². The van der Waals surface area contributed by atoms with E-state index in [0.29, 0.717) is 29.6 Å². The molecule has 0 spiro atoms. The van der Waals surface area contributed by atoms with Crippen molar-refractivity contribution >= 4 is 22.7 Å². The molecule has 0 saturated heterocycles. The molecule has 0 aliphatic carbocycles. The fourth-order valence-corrected chi connectivity index (χ4v) is 4.80. The molecule has 8 nitrogen and oxygen atoms in total. The Morgan fingerprint density at radius 3 is 2.58 bits per heavy atom. The average Bonchev–Trinajstić information content (AvgIpc) is 3.47. The highest BCUT2D eigenvalue weighted by molar-refractivity contribution is 6.01.